The molecule has 4 heteroatoms. The second-order valence-corrected chi connectivity index (χ2v) is 5.13. The average Bonchev–Trinajstić information content (AvgIpc) is 2.28. The number of esters is 1. The van der Waals surface area contributed by atoms with Crippen molar-refractivity contribution in [3.63, 3.8) is 0 Å². The molecular weight excluding hydrogens is 232 g/mol. The maximum absolute atomic E-state index is 11.9. The highest BCUT2D eigenvalue weighted by Gasteiger charge is 2.38. The zero-order valence-electron chi connectivity index (χ0n) is 11.4. The van der Waals surface area contributed by atoms with E-state index in [1.165, 1.54) is 0 Å². The number of aliphatic hydroxyl groups is 1. The van der Waals surface area contributed by atoms with E-state index >= 15 is 0 Å². The molecule has 0 saturated heterocycles. The molecule has 0 radical (unpaired) electrons. The Balaban J connectivity index is 2.55. The minimum atomic E-state index is -0.583. The molecule has 1 N–H and O–H groups in total. The summed E-state index contributed by atoms with van der Waals surface area (Å²) in [5.41, 5.74) is 0. The third-order valence-corrected chi connectivity index (χ3v) is 3.66. The smallest absolute Gasteiger partial charge is 0.311 e. The highest BCUT2D eigenvalue weighted by molar-refractivity contribution is 5.75. The van der Waals surface area contributed by atoms with Gasteiger partial charge in [0.25, 0.3) is 0 Å². The number of hydrogen-bond acceptors (Lipinski definition) is 4. The van der Waals surface area contributed by atoms with Crippen molar-refractivity contribution < 1.29 is 19.4 Å². The number of aliphatic hydroxyl groups excluding tert-OH is 1. The van der Waals surface area contributed by atoms with Crippen LogP contribution in [0.1, 0.15) is 52.4 Å². The molecule has 0 aromatic carbocycles. The molecule has 4 nitrogen and oxygen atoms in total. The standard InChI is InChI=1S/C14H24O4/c1-3-18-14(17)13-11(7-4-6-10(2)15)8-5-9-12(13)16/h11-13,16H,3-9H2,1-2H3/t11-,12-,13+/m0/s1. The topological polar surface area (TPSA) is 63.6 Å². The zero-order chi connectivity index (χ0) is 13.5. The summed E-state index contributed by atoms with van der Waals surface area (Å²) in [5.74, 6) is -0.339. The van der Waals surface area contributed by atoms with Gasteiger partial charge in [0.05, 0.1) is 18.6 Å². The number of ketones is 1. The third kappa shape index (κ3) is 4.41. The number of Topliss-reactive ketones (excluding diaryl/α,β-unsaturated/α-hetero) is 1. The fraction of sp³-hybridized carbons (Fsp3) is 0.857. The van der Waals surface area contributed by atoms with Crippen molar-refractivity contribution in [2.45, 2.75) is 58.5 Å². The normalized spacial score (nSPS) is 27.8. The summed E-state index contributed by atoms with van der Waals surface area (Å²) in [6.45, 7) is 3.71. The van der Waals surface area contributed by atoms with Gasteiger partial charge in [-0.3, -0.25) is 4.79 Å². The Kier molecular flexibility index (Phi) is 6.33. The van der Waals surface area contributed by atoms with Gasteiger partial charge in [0, 0.05) is 6.42 Å². The number of rotatable bonds is 6. The lowest BCUT2D eigenvalue weighted by Gasteiger charge is -2.33. The molecule has 0 heterocycles. The Bertz CT molecular complexity index is 288. The molecule has 0 spiro atoms. The molecule has 0 bridgehead atoms. The molecule has 0 amide bonds. The van der Waals surface area contributed by atoms with Crippen LogP contribution >= 0.6 is 0 Å². The lowest BCUT2D eigenvalue weighted by molar-refractivity contribution is -0.157. The van der Waals surface area contributed by atoms with Crippen LogP contribution in [0, 0.1) is 11.8 Å². The van der Waals surface area contributed by atoms with E-state index in [9.17, 15) is 14.7 Å². The monoisotopic (exact) mass is 256 g/mol. The average molecular weight is 256 g/mol. The number of hydrogen-bond donors (Lipinski definition) is 1. The first-order valence-electron chi connectivity index (χ1n) is 6.90. The van der Waals surface area contributed by atoms with E-state index in [-0.39, 0.29) is 17.7 Å². The minimum absolute atomic E-state index is 0.159. The van der Waals surface area contributed by atoms with Crippen molar-refractivity contribution in [2.75, 3.05) is 6.61 Å². The summed E-state index contributed by atoms with van der Waals surface area (Å²) in [6.07, 6.45) is 4.15. The summed E-state index contributed by atoms with van der Waals surface area (Å²) in [5, 5.41) is 9.98. The van der Waals surface area contributed by atoms with Crippen LogP contribution in [0.5, 0.6) is 0 Å². The Hall–Kier alpha value is -0.900. The molecular formula is C14H24O4. The molecule has 0 unspecified atom stereocenters. The van der Waals surface area contributed by atoms with Gasteiger partial charge in [0.15, 0.2) is 0 Å². The fourth-order valence-electron chi connectivity index (χ4n) is 2.79. The molecule has 0 aromatic heterocycles. The van der Waals surface area contributed by atoms with E-state index in [4.69, 9.17) is 4.74 Å². The summed E-state index contributed by atoms with van der Waals surface area (Å²) in [4.78, 5) is 22.8. The lowest BCUT2D eigenvalue weighted by Crippen LogP contribution is -2.39. The van der Waals surface area contributed by atoms with E-state index in [1.54, 1.807) is 13.8 Å². The second-order valence-electron chi connectivity index (χ2n) is 5.13. The number of carbonyl (C=O) groups is 2. The van der Waals surface area contributed by atoms with Crippen molar-refractivity contribution in [2.24, 2.45) is 11.8 Å². The van der Waals surface area contributed by atoms with Gasteiger partial charge in [0.2, 0.25) is 0 Å². The Morgan fingerprint density at radius 3 is 2.67 bits per heavy atom. The predicted octanol–water partition coefficient (Wildman–Crippen LogP) is 2.09. The molecule has 1 aliphatic carbocycles. The van der Waals surface area contributed by atoms with Crippen molar-refractivity contribution in [1.29, 1.82) is 0 Å². The van der Waals surface area contributed by atoms with Gasteiger partial charge in [-0.05, 0) is 45.4 Å². The van der Waals surface area contributed by atoms with Crippen molar-refractivity contribution >= 4 is 11.8 Å². The molecule has 0 aliphatic heterocycles. The van der Waals surface area contributed by atoms with Gasteiger partial charge in [-0.2, -0.15) is 0 Å². The van der Waals surface area contributed by atoms with E-state index in [2.05, 4.69) is 0 Å². The van der Waals surface area contributed by atoms with Gasteiger partial charge in [-0.15, -0.1) is 0 Å². The van der Waals surface area contributed by atoms with E-state index < -0.39 is 12.0 Å². The van der Waals surface area contributed by atoms with E-state index in [0.717, 1.165) is 25.7 Å². The predicted molar refractivity (Wildman–Crippen MR) is 68.0 cm³/mol. The van der Waals surface area contributed by atoms with Crippen LogP contribution in [0.25, 0.3) is 0 Å². The van der Waals surface area contributed by atoms with Crippen LogP contribution < -0.4 is 0 Å². The maximum Gasteiger partial charge on any atom is 0.311 e. The minimum Gasteiger partial charge on any atom is -0.466 e. The molecule has 104 valence electrons. The number of carbonyl (C=O) groups excluding carboxylic acids is 2. The fourth-order valence-corrected chi connectivity index (χ4v) is 2.79. The Morgan fingerprint density at radius 2 is 2.06 bits per heavy atom. The first kappa shape index (κ1) is 15.2. The highest BCUT2D eigenvalue weighted by Crippen LogP contribution is 2.34. The molecule has 1 aliphatic rings. The molecule has 0 aromatic rings. The van der Waals surface area contributed by atoms with Gasteiger partial charge in [-0.25, -0.2) is 0 Å². The molecule has 1 saturated carbocycles. The van der Waals surface area contributed by atoms with Crippen molar-refractivity contribution in [3.8, 4) is 0 Å². The first-order chi connectivity index (χ1) is 8.56. The molecule has 1 rings (SSSR count). The van der Waals surface area contributed by atoms with Gasteiger partial charge in [-0.1, -0.05) is 6.42 Å². The van der Waals surface area contributed by atoms with Crippen LogP contribution in [-0.4, -0.2) is 29.6 Å². The quantitative estimate of drug-likeness (QED) is 0.739. The van der Waals surface area contributed by atoms with Crippen molar-refractivity contribution in [3.05, 3.63) is 0 Å². The van der Waals surface area contributed by atoms with Crippen LogP contribution in [0.15, 0.2) is 0 Å². The van der Waals surface area contributed by atoms with E-state index in [1.807, 2.05) is 0 Å². The largest absolute Gasteiger partial charge is 0.466 e. The SMILES string of the molecule is CCOC(=O)[C@@H]1[C@@H](CCCC(C)=O)CCC[C@@H]1O. The maximum atomic E-state index is 11.9. The zero-order valence-corrected chi connectivity index (χ0v) is 11.4. The van der Waals surface area contributed by atoms with Crippen LogP contribution in [0.3, 0.4) is 0 Å². The van der Waals surface area contributed by atoms with Gasteiger partial charge < -0.3 is 14.6 Å². The van der Waals surface area contributed by atoms with Gasteiger partial charge >= 0.3 is 5.97 Å². The lowest BCUT2D eigenvalue weighted by atomic mass is 9.75. The van der Waals surface area contributed by atoms with Crippen LogP contribution in [0.2, 0.25) is 0 Å². The summed E-state index contributed by atoms with van der Waals surface area (Å²) in [6, 6.07) is 0. The molecule has 1 fully saturated rings. The molecule has 3 atom stereocenters. The second kappa shape index (κ2) is 7.52. The summed E-state index contributed by atoms with van der Waals surface area (Å²) in [7, 11) is 0. The van der Waals surface area contributed by atoms with Crippen LogP contribution in [0.4, 0.5) is 0 Å². The van der Waals surface area contributed by atoms with Crippen LogP contribution in [-0.2, 0) is 14.3 Å². The van der Waals surface area contributed by atoms with Gasteiger partial charge in [0.1, 0.15) is 5.78 Å². The third-order valence-electron chi connectivity index (χ3n) is 3.66. The molecule has 18 heavy (non-hydrogen) atoms. The van der Waals surface area contributed by atoms with Crippen molar-refractivity contribution in [1.82, 2.24) is 0 Å². The highest BCUT2D eigenvalue weighted by atomic mass is 16.5. The first-order valence-corrected chi connectivity index (χ1v) is 6.90. The summed E-state index contributed by atoms with van der Waals surface area (Å²) < 4.78 is 5.04. The summed E-state index contributed by atoms with van der Waals surface area (Å²) >= 11 is 0. The Labute approximate surface area is 109 Å². The van der Waals surface area contributed by atoms with E-state index in [0.29, 0.717) is 19.4 Å². The number of ether oxygens (including phenoxy) is 1. The Morgan fingerprint density at radius 1 is 1.33 bits per heavy atom.